The van der Waals surface area contributed by atoms with Gasteiger partial charge in [-0.25, -0.2) is 0 Å². The number of aryl methyl sites for hydroxylation is 1. The molecule has 2 N–H and O–H groups in total. The van der Waals surface area contributed by atoms with Crippen LogP contribution in [0.5, 0.6) is 5.75 Å². The summed E-state index contributed by atoms with van der Waals surface area (Å²) in [5.41, 5.74) is 1.55. The van der Waals surface area contributed by atoms with Gasteiger partial charge in [-0.15, -0.1) is 10.2 Å². The van der Waals surface area contributed by atoms with Crippen LogP contribution in [0.4, 0.5) is 0 Å². The Hall–Kier alpha value is -3.55. The maximum atomic E-state index is 12.4. The highest BCUT2D eigenvalue weighted by molar-refractivity contribution is 5.76. The molecule has 0 aliphatic carbocycles. The smallest absolute Gasteiger partial charge is 0.273 e. The second-order valence-electron chi connectivity index (χ2n) is 7.23. The number of ether oxygens (including phenoxy) is 1. The molecule has 0 bridgehead atoms. The second-order valence-corrected chi connectivity index (χ2v) is 7.23. The number of aromatic nitrogens is 4. The molecular weight excluding hydrogens is 394 g/mol. The van der Waals surface area contributed by atoms with Crippen molar-refractivity contribution in [2.75, 3.05) is 6.54 Å². The van der Waals surface area contributed by atoms with Crippen LogP contribution < -0.4 is 15.6 Å². The minimum absolute atomic E-state index is 0.136. The van der Waals surface area contributed by atoms with Gasteiger partial charge in [0.25, 0.3) is 5.56 Å². The highest BCUT2D eigenvalue weighted by Gasteiger charge is 2.10. The van der Waals surface area contributed by atoms with Gasteiger partial charge in [-0.3, -0.25) is 14.6 Å². The van der Waals surface area contributed by atoms with Gasteiger partial charge in [0.2, 0.25) is 5.91 Å². The first-order valence-electron chi connectivity index (χ1n) is 10.4. The van der Waals surface area contributed by atoms with Crippen LogP contribution in [0.1, 0.15) is 38.1 Å². The average Bonchev–Trinajstić information content (AvgIpc) is 2.79. The summed E-state index contributed by atoms with van der Waals surface area (Å²) in [7, 11) is 0. The Kier molecular flexibility index (Phi) is 7.86. The van der Waals surface area contributed by atoms with E-state index in [0.717, 1.165) is 23.4 Å². The molecule has 1 unspecified atom stereocenters. The van der Waals surface area contributed by atoms with E-state index in [1.807, 2.05) is 49.4 Å². The molecular formula is C23H27N5O3. The number of hydrogen-bond acceptors (Lipinski definition) is 6. The molecule has 0 radical (unpaired) electrons. The van der Waals surface area contributed by atoms with Crippen molar-refractivity contribution in [3.63, 3.8) is 0 Å². The van der Waals surface area contributed by atoms with Gasteiger partial charge in [-0.05, 0) is 49.7 Å². The second kappa shape index (κ2) is 11.0. The number of H-pyrrole nitrogens is 1. The lowest BCUT2D eigenvalue weighted by atomic mass is 10.2. The van der Waals surface area contributed by atoms with E-state index in [1.165, 1.54) is 0 Å². The molecule has 1 atom stereocenters. The number of carbonyl (C=O) groups excluding carboxylic acids is 1. The van der Waals surface area contributed by atoms with E-state index in [1.54, 1.807) is 6.20 Å². The fraction of sp³-hybridized carbons (Fsp3) is 0.348. The third kappa shape index (κ3) is 6.74. The first-order chi connectivity index (χ1) is 15.0. The summed E-state index contributed by atoms with van der Waals surface area (Å²) in [6, 6.07) is 13.0. The van der Waals surface area contributed by atoms with Crippen molar-refractivity contribution in [2.45, 2.75) is 45.6 Å². The molecule has 0 saturated heterocycles. The fourth-order valence-electron chi connectivity index (χ4n) is 2.86. The summed E-state index contributed by atoms with van der Waals surface area (Å²) < 4.78 is 5.76. The largest absolute Gasteiger partial charge is 0.491 e. The van der Waals surface area contributed by atoms with E-state index in [9.17, 15) is 9.59 Å². The third-order valence-corrected chi connectivity index (χ3v) is 4.82. The fourth-order valence-corrected chi connectivity index (χ4v) is 2.86. The predicted octanol–water partition coefficient (Wildman–Crippen LogP) is 2.70. The maximum absolute atomic E-state index is 12.4. The average molecular weight is 422 g/mol. The lowest BCUT2D eigenvalue weighted by Crippen LogP contribution is -2.27. The lowest BCUT2D eigenvalue weighted by Gasteiger charge is -2.12. The first-order valence-corrected chi connectivity index (χ1v) is 10.4. The minimum Gasteiger partial charge on any atom is -0.491 e. The van der Waals surface area contributed by atoms with E-state index in [4.69, 9.17) is 4.74 Å². The molecule has 162 valence electrons. The summed E-state index contributed by atoms with van der Waals surface area (Å²) in [5, 5.41) is 11.0. The molecule has 1 amide bonds. The number of pyridine rings is 1. The van der Waals surface area contributed by atoms with Crippen LogP contribution in [-0.4, -0.2) is 38.7 Å². The summed E-state index contributed by atoms with van der Waals surface area (Å²) in [5.74, 6) is 1.00. The molecule has 0 saturated carbocycles. The number of nitrogens with zero attached hydrogens (tertiary/aromatic N) is 3. The van der Waals surface area contributed by atoms with Crippen molar-refractivity contribution in [3.8, 4) is 17.1 Å². The van der Waals surface area contributed by atoms with Gasteiger partial charge in [0.15, 0.2) is 5.82 Å². The predicted molar refractivity (Wildman–Crippen MR) is 118 cm³/mol. The number of rotatable bonds is 10. The van der Waals surface area contributed by atoms with Crippen molar-refractivity contribution in [1.29, 1.82) is 0 Å². The van der Waals surface area contributed by atoms with Gasteiger partial charge in [0, 0.05) is 43.3 Å². The topological polar surface area (TPSA) is 110 Å². The number of amides is 1. The van der Waals surface area contributed by atoms with Crippen LogP contribution in [0.3, 0.4) is 0 Å². The number of carbonyl (C=O) groups is 1. The van der Waals surface area contributed by atoms with Gasteiger partial charge in [0.1, 0.15) is 11.4 Å². The molecule has 0 fully saturated rings. The number of hydrogen-bond donors (Lipinski definition) is 2. The van der Waals surface area contributed by atoms with Crippen LogP contribution in [0.15, 0.2) is 53.5 Å². The minimum atomic E-state index is -0.341. The van der Waals surface area contributed by atoms with Gasteiger partial charge >= 0.3 is 0 Å². The zero-order valence-corrected chi connectivity index (χ0v) is 17.8. The molecule has 8 nitrogen and oxygen atoms in total. The van der Waals surface area contributed by atoms with Crippen LogP contribution in [0.2, 0.25) is 0 Å². The lowest BCUT2D eigenvalue weighted by molar-refractivity contribution is -0.121. The molecule has 2 heterocycles. The maximum Gasteiger partial charge on any atom is 0.273 e. The van der Waals surface area contributed by atoms with Gasteiger partial charge < -0.3 is 15.0 Å². The summed E-state index contributed by atoms with van der Waals surface area (Å²) in [6.07, 6.45) is 3.83. The van der Waals surface area contributed by atoms with Crippen LogP contribution in [-0.2, 0) is 17.6 Å². The van der Waals surface area contributed by atoms with E-state index >= 15 is 0 Å². The van der Waals surface area contributed by atoms with E-state index in [-0.39, 0.29) is 36.1 Å². The highest BCUT2D eigenvalue weighted by atomic mass is 16.5. The molecule has 2 aromatic heterocycles. The van der Waals surface area contributed by atoms with Crippen molar-refractivity contribution in [1.82, 2.24) is 25.5 Å². The van der Waals surface area contributed by atoms with Crippen LogP contribution in [0, 0.1) is 0 Å². The Morgan fingerprint density at radius 1 is 1.13 bits per heavy atom. The molecule has 3 rings (SSSR count). The van der Waals surface area contributed by atoms with Gasteiger partial charge in [-0.1, -0.05) is 13.0 Å². The molecule has 0 aliphatic heterocycles. The summed E-state index contributed by atoms with van der Waals surface area (Å²) in [4.78, 5) is 31.3. The Morgan fingerprint density at radius 3 is 2.61 bits per heavy atom. The molecule has 3 aromatic rings. The molecule has 0 spiro atoms. The van der Waals surface area contributed by atoms with Crippen molar-refractivity contribution in [2.24, 2.45) is 0 Å². The number of nitrogens with one attached hydrogen (secondary N) is 2. The van der Waals surface area contributed by atoms with E-state index in [2.05, 4.69) is 32.4 Å². The number of aromatic amines is 1. The third-order valence-electron chi connectivity index (χ3n) is 4.82. The Bertz CT molecular complexity index is 1040. The van der Waals surface area contributed by atoms with Gasteiger partial charge in [0.05, 0.1) is 6.10 Å². The molecule has 1 aromatic carbocycles. The van der Waals surface area contributed by atoms with Crippen molar-refractivity contribution >= 4 is 5.91 Å². The van der Waals surface area contributed by atoms with Crippen molar-refractivity contribution < 1.29 is 9.53 Å². The van der Waals surface area contributed by atoms with E-state index in [0.29, 0.717) is 18.8 Å². The van der Waals surface area contributed by atoms with Crippen LogP contribution in [0.25, 0.3) is 11.4 Å². The monoisotopic (exact) mass is 421 g/mol. The molecule has 31 heavy (non-hydrogen) atoms. The molecule has 8 heteroatoms. The first kappa shape index (κ1) is 22.1. The Morgan fingerprint density at radius 2 is 1.94 bits per heavy atom. The summed E-state index contributed by atoms with van der Waals surface area (Å²) >= 11 is 0. The standard InChI is InChI=1S/C23H27N5O3/c1-3-16(2)31-19-9-7-17(8-10-19)22-26-23(30)20(27-28-22)11-12-21(29)25-15-13-18-6-4-5-14-24-18/h4-10,14,16H,3,11-13,15H2,1-2H3,(H,25,29)(H,26,28,30). The summed E-state index contributed by atoms with van der Waals surface area (Å²) in [6.45, 7) is 4.57. The number of benzene rings is 1. The Balaban J connectivity index is 1.51. The molecule has 0 aliphatic rings. The van der Waals surface area contributed by atoms with E-state index < -0.39 is 0 Å². The van der Waals surface area contributed by atoms with Crippen molar-refractivity contribution in [3.05, 3.63) is 70.4 Å². The Labute approximate surface area is 181 Å². The quantitative estimate of drug-likeness (QED) is 0.521. The highest BCUT2D eigenvalue weighted by Crippen LogP contribution is 2.19. The normalized spacial score (nSPS) is 11.7. The zero-order chi connectivity index (χ0) is 22.1. The SMILES string of the molecule is CCC(C)Oc1ccc(-c2nnc(CCC(=O)NCCc3ccccn3)c(=O)[nH]2)cc1. The van der Waals surface area contributed by atoms with Gasteiger partial charge in [-0.2, -0.15) is 0 Å². The zero-order valence-electron chi connectivity index (χ0n) is 17.8. The van der Waals surface area contributed by atoms with Crippen LogP contribution >= 0.6 is 0 Å².